The molecule has 0 amide bonds. The lowest BCUT2D eigenvalue weighted by atomic mass is 9.99. The molecule has 2 rings (SSSR count). The van der Waals surface area contributed by atoms with Crippen LogP contribution in [-0.2, 0) is 6.42 Å². The smallest absolute Gasteiger partial charge is 0.129 e. The topological polar surface area (TPSA) is 33.1 Å². The lowest BCUT2D eigenvalue weighted by Gasteiger charge is -2.13. The molecule has 94 valence electrons. The van der Waals surface area contributed by atoms with Gasteiger partial charge in [0.2, 0.25) is 0 Å². The van der Waals surface area contributed by atoms with Crippen molar-refractivity contribution in [2.75, 3.05) is 0 Å². The number of aliphatic hydroxyl groups excluding tert-OH is 1. The average Bonchev–Trinajstić information content (AvgIpc) is 2.33. The molecule has 0 bridgehead atoms. The molecule has 0 saturated carbocycles. The number of pyridine rings is 1. The molecule has 18 heavy (non-hydrogen) atoms. The third-order valence-electron chi connectivity index (χ3n) is 2.85. The first-order chi connectivity index (χ1) is 8.58. The summed E-state index contributed by atoms with van der Waals surface area (Å²) in [4.78, 5) is 3.93. The van der Waals surface area contributed by atoms with Crippen molar-refractivity contribution < 1.29 is 13.9 Å². The van der Waals surface area contributed by atoms with Crippen molar-refractivity contribution >= 4 is 0 Å². The highest BCUT2D eigenvalue weighted by Crippen LogP contribution is 2.22. The van der Waals surface area contributed by atoms with Gasteiger partial charge in [0.25, 0.3) is 0 Å². The van der Waals surface area contributed by atoms with Gasteiger partial charge in [-0.05, 0) is 35.7 Å². The Morgan fingerprint density at radius 2 is 2.06 bits per heavy atom. The summed E-state index contributed by atoms with van der Waals surface area (Å²) in [6.45, 7) is 1.83. The van der Waals surface area contributed by atoms with E-state index in [1.807, 2.05) is 6.92 Å². The second-order valence-corrected chi connectivity index (χ2v) is 4.19. The van der Waals surface area contributed by atoms with Gasteiger partial charge in [0.05, 0.1) is 6.10 Å². The van der Waals surface area contributed by atoms with Crippen molar-refractivity contribution in [2.24, 2.45) is 0 Å². The fourth-order valence-corrected chi connectivity index (χ4v) is 1.86. The average molecular weight is 249 g/mol. The largest absolute Gasteiger partial charge is 0.388 e. The Labute approximate surface area is 104 Å². The van der Waals surface area contributed by atoms with Gasteiger partial charge in [0.15, 0.2) is 0 Å². The Balaban J connectivity index is 2.21. The van der Waals surface area contributed by atoms with E-state index in [1.165, 1.54) is 12.1 Å². The predicted molar refractivity (Wildman–Crippen MR) is 64.0 cm³/mol. The number of nitrogens with zero attached hydrogens (tertiary/aromatic N) is 1. The molecule has 0 radical (unpaired) electrons. The Morgan fingerprint density at radius 1 is 1.28 bits per heavy atom. The van der Waals surface area contributed by atoms with E-state index in [9.17, 15) is 13.9 Å². The molecule has 0 spiro atoms. The molecule has 0 aliphatic heterocycles. The molecule has 4 heteroatoms. The first-order valence-corrected chi connectivity index (χ1v) is 5.60. The molecule has 2 aromatic rings. The highest BCUT2D eigenvalue weighted by atomic mass is 19.1. The van der Waals surface area contributed by atoms with E-state index in [1.54, 1.807) is 18.5 Å². The third-order valence-corrected chi connectivity index (χ3v) is 2.85. The van der Waals surface area contributed by atoms with Gasteiger partial charge in [-0.1, -0.05) is 6.07 Å². The summed E-state index contributed by atoms with van der Waals surface area (Å²) in [6.07, 6.45) is 2.50. The van der Waals surface area contributed by atoms with E-state index >= 15 is 0 Å². The first-order valence-electron chi connectivity index (χ1n) is 5.60. The van der Waals surface area contributed by atoms with Gasteiger partial charge in [0.1, 0.15) is 11.6 Å². The maximum atomic E-state index is 13.5. The van der Waals surface area contributed by atoms with Crippen LogP contribution in [0.2, 0.25) is 0 Å². The van der Waals surface area contributed by atoms with Crippen LogP contribution in [0.25, 0.3) is 0 Å². The second-order valence-electron chi connectivity index (χ2n) is 4.19. The van der Waals surface area contributed by atoms with Crippen molar-refractivity contribution in [1.82, 2.24) is 4.98 Å². The molecule has 1 heterocycles. The van der Waals surface area contributed by atoms with Crippen LogP contribution in [-0.4, -0.2) is 10.1 Å². The summed E-state index contributed by atoms with van der Waals surface area (Å²) in [6, 6.07) is 5.05. The number of rotatable bonds is 3. The Bertz CT molecular complexity index is 557. The Hall–Kier alpha value is -1.81. The summed E-state index contributed by atoms with van der Waals surface area (Å²) >= 11 is 0. The van der Waals surface area contributed by atoms with E-state index in [2.05, 4.69) is 4.98 Å². The van der Waals surface area contributed by atoms with Crippen molar-refractivity contribution in [3.05, 3.63) is 65.0 Å². The van der Waals surface area contributed by atoms with Crippen LogP contribution in [0.3, 0.4) is 0 Å². The molecular weight excluding hydrogens is 236 g/mol. The third kappa shape index (κ3) is 2.71. The molecule has 1 N–H and O–H groups in total. The summed E-state index contributed by atoms with van der Waals surface area (Å²) in [5.41, 5.74) is 1.83. The van der Waals surface area contributed by atoms with E-state index < -0.39 is 17.7 Å². The van der Waals surface area contributed by atoms with Crippen LogP contribution in [0.1, 0.15) is 22.8 Å². The van der Waals surface area contributed by atoms with E-state index in [0.29, 0.717) is 11.1 Å². The van der Waals surface area contributed by atoms with Crippen LogP contribution in [0, 0.1) is 18.6 Å². The minimum absolute atomic E-state index is 0.108. The summed E-state index contributed by atoms with van der Waals surface area (Å²) < 4.78 is 26.2. The zero-order chi connectivity index (χ0) is 13.1. The van der Waals surface area contributed by atoms with Gasteiger partial charge in [-0.2, -0.15) is 0 Å². The number of hydrogen-bond acceptors (Lipinski definition) is 2. The van der Waals surface area contributed by atoms with Crippen LogP contribution in [0.4, 0.5) is 8.78 Å². The quantitative estimate of drug-likeness (QED) is 0.907. The van der Waals surface area contributed by atoms with Crippen LogP contribution in [0.15, 0.2) is 36.7 Å². The highest BCUT2D eigenvalue weighted by Gasteiger charge is 2.14. The normalized spacial score (nSPS) is 12.4. The van der Waals surface area contributed by atoms with Crippen molar-refractivity contribution in [1.29, 1.82) is 0 Å². The molecule has 0 fully saturated rings. The minimum atomic E-state index is -0.826. The SMILES string of the molecule is Cc1cnccc1C(O)Cc1ccc(F)cc1F. The molecular formula is C14H13F2NO. The first kappa shape index (κ1) is 12.6. The molecule has 0 aliphatic carbocycles. The number of benzene rings is 1. The molecule has 0 saturated heterocycles. The highest BCUT2D eigenvalue weighted by molar-refractivity contribution is 5.27. The fraction of sp³-hybridized carbons (Fsp3) is 0.214. The molecule has 1 aromatic carbocycles. The van der Waals surface area contributed by atoms with Crippen LogP contribution < -0.4 is 0 Å². The number of hydrogen-bond donors (Lipinski definition) is 1. The van der Waals surface area contributed by atoms with E-state index in [0.717, 1.165) is 11.6 Å². The standard InChI is InChI=1S/C14H13F2NO/c1-9-8-17-5-4-12(9)14(18)6-10-2-3-11(15)7-13(10)16/h2-5,7-8,14,18H,6H2,1H3. The monoisotopic (exact) mass is 249 g/mol. The maximum Gasteiger partial charge on any atom is 0.129 e. The fourth-order valence-electron chi connectivity index (χ4n) is 1.86. The maximum absolute atomic E-state index is 13.5. The van der Waals surface area contributed by atoms with E-state index in [-0.39, 0.29) is 6.42 Å². The van der Waals surface area contributed by atoms with Crippen LogP contribution >= 0.6 is 0 Å². The van der Waals surface area contributed by atoms with Crippen molar-refractivity contribution in [3.8, 4) is 0 Å². The summed E-state index contributed by atoms with van der Waals surface area (Å²) in [7, 11) is 0. The Morgan fingerprint density at radius 3 is 2.72 bits per heavy atom. The van der Waals surface area contributed by atoms with Gasteiger partial charge < -0.3 is 5.11 Å². The van der Waals surface area contributed by atoms with Crippen molar-refractivity contribution in [2.45, 2.75) is 19.4 Å². The lowest BCUT2D eigenvalue weighted by molar-refractivity contribution is 0.176. The second kappa shape index (κ2) is 5.23. The molecule has 1 unspecified atom stereocenters. The lowest BCUT2D eigenvalue weighted by Crippen LogP contribution is -2.05. The van der Waals surface area contributed by atoms with E-state index in [4.69, 9.17) is 0 Å². The van der Waals surface area contributed by atoms with Crippen molar-refractivity contribution in [3.63, 3.8) is 0 Å². The summed E-state index contributed by atoms with van der Waals surface area (Å²) in [5, 5.41) is 10.1. The molecule has 2 nitrogen and oxygen atoms in total. The van der Waals surface area contributed by atoms with Gasteiger partial charge in [-0.25, -0.2) is 8.78 Å². The number of aliphatic hydroxyl groups is 1. The molecule has 1 aromatic heterocycles. The zero-order valence-electron chi connectivity index (χ0n) is 9.90. The van der Waals surface area contributed by atoms with Gasteiger partial charge in [-0.3, -0.25) is 4.98 Å². The van der Waals surface area contributed by atoms with Gasteiger partial charge >= 0.3 is 0 Å². The van der Waals surface area contributed by atoms with Crippen LogP contribution in [0.5, 0.6) is 0 Å². The van der Waals surface area contributed by atoms with Gasteiger partial charge in [0, 0.05) is 24.9 Å². The molecule has 1 atom stereocenters. The number of halogens is 2. The molecule has 0 aliphatic rings. The number of aromatic nitrogens is 1. The number of aryl methyl sites for hydroxylation is 1. The zero-order valence-corrected chi connectivity index (χ0v) is 9.90. The summed E-state index contributed by atoms with van der Waals surface area (Å²) in [5.74, 6) is -1.26. The minimum Gasteiger partial charge on any atom is -0.388 e. The van der Waals surface area contributed by atoms with Gasteiger partial charge in [-0.15, -0.1) is 0 Å². The Kier molecular flexibility index (Phi) is 3.67. The predicted octanol–water partition coefficient (Wildman–Crippen LogP) is 2.94.